The van der Waals surface area contributed by atoms with E-state index in [1.54, 1.807) is 13.3 Å². The smallest absolute Gasteiger partial charge is 0.142 e. The molecular formula is C12H16BrClN2O. The average molecular weight is 320 g/mol. The van der Waals surface area contributed by atoms with Crippen molar-refractivity contribution >= 4 is 33.3 Å². The number of nitrogens with zero attached hydrogens (tertiary/aromatic N) is 2. The maximum atomic E-state index is 5.90. The number of ether oxygens (including phenoxy) is 1. The van der Waals surface area contributed by atoms with Gasteiger partial charge in [-0.2, -0.15) is 0 Å². The van der Waals surface area contributed by atoms with Gasteiger partial charge >= 0.3 is 0 Å². The van der Waals surface area contributed by atoms with Gasteiger partial charge in [-0.25, -0.2) is 4.98 Å². The van der Waals surface area contributed by atoms with Crippen molar-refractivity contribution in [3.05, 3.63) is 21.8 Å². The minimum atomic E-state index is 0.595. The van der Waals surface area contributed by atoms with Crippen molar-refractivity contribution in [2.75, 3.05) is 31.7 Å². The summed E-state index contributed by atoms with van der Waals surface area (Å²) < 4.78 is 6.20. The molecule has 1 atom stereocenters. The van der Waals surface area contributed by atoms with Gasteiger partial charge in [-0.3, -0.25) is 0 Å². The number of halogens is 2. The molecule has 0 bridgehead atoms. The summed E-state index contributed by atoms with van der Waals surface area (Å²) in [6.07, 6.45) is 4.11. The summed E-state index contributed by atoms with van der Waals surface area (Å²) in [5.74, 6) is 1.58. The van der Waals surface area contributed by atoms with Gasteiger partial charge in [0.25, 0.3) is 0 Å². The zero-order valence-electron chi connectivity index (χ0n) is 9.83. The second-order valence-corrected chi connectivity index (χ2v) is 5.66. The minimum absolute atomic E-state index is 0.595. The van der Waals surface area contributed by atoms with E-state index in [1.165, 1.54) is 12.8 Å². The molecule has 0 saturated carbocycles. The average Bonchev–Trinajstić information content (AvgIpc) is 2.29. The van der Waals surface area contributed by atoms with Gasteiger partial charge in [-0.15, -0.1) is 0 Å². The second kappa shape index (κ2) is 6.03. The van der Waals surface area contributed by atoms with Crippen LogP contribution in [0.5, 0.6) is 0 Å². The van der Waals surface area contributed by atoms with Gasteiger partial charge in [0, 0.05) is 26.4 Å². The van der Waals surface area contributed by atoms with Crippen LogP contribution < -0.4 is 4.90 Å². The van der Waals surface area contributed by atoms with Gasteiger partial charge < -0.3 is 9.64 Å². The Kier molecular flexibility index (Phi) is 4.65. The molecule has 1 aliphatic rings. The van der Waals surface area contributed by atoms with E-state index in [1.807, 2.05) is 6.07 Å². The SMILES string of the molecule is COCC1CCCN(c2ncc(Cl)cc2Br)C1. The number of methoxy groups -OCH3 is 1. The fourth-order valence-electron chi connectivity index (χ4n) is 2.27. The summed E-state index contributed by atoms with van der Waals surface area (Å²) in [6.45, 7) is 2.87. The highest BCUT2D eigenvalue weighted by Gasteiger charge is 2.22. The van der Waals surface area contributed by atoms with E-state index in [0.717, 1.165) is 30.0 Å². The summed E-state index contributed by atoms with van der Waals surface area (Å²) in [5.41, 5.74) is 0. The van der Waals surface area contributed by atoms with E-state index >= 15 is 0 Å². The van der Waals surface area contributed by atoms with Crippen molar-refractivity contribution in [1.82, 2.24) is 4.98 Å². The third kappa shape index (κ3) is 3.33. The van der Waals surface area contributed by atoms with Crippen molar-refractivity contribution in [3.63, 3.8) is 0 Å². The molecule has 94 valence electrons. The summed E-state index contributed by atoms with van der Waals surface area (Å²) >= 11 is 9.42. The predicted molar refractivity (Wildman–Crippen MR) is 73.8 cm³/mol. The van der Waals surface area contributed by atoms with Crippen LogP contribution in [0, 0.1) is 5.92 Å². The highest BCUT2D eigenvalue weighted by Crippen LogP contribution is 2.29. The second-order valence-electron chi connectivity index (χ2n) is 4.37. The highest BCUT2D eigenvalue weighted by atomic mass is 79.9. The monoisotopic (exact) mass is 318 g/mol. The van der Waals surface area contributed by atoms with Gasteiger partial charge in [0.05, 0.1) is 16.1 Å². The van der Waals surface area contributed by atoms with Gasteiger partial charge in [-0.1, -0.05) is 11.6 Å². The van der Waals surface area contributed by atoms with Gasteiger partial charge in [0.15, 0.2) is 0 Å². The molecular weight excluding hydrogens is 304 g/mol. The van der Waals surface area contributed by atoms with Crippen LogP contribution in [-0.4, -0.2) is 31.8 Å². The molecule has 1 aromatic heterocycles. The van der Waals surface area contributed by atoms with Crippen LogP contribution in [0.1, 0.15) is 12.8 Å². The summed E-state index contributed by atoms with van der Waals surface area (Å²) in [6, 6.07) is 1.89. The summed E-state index contributed by atoms with van der Waals surface area (Å²) in [5, 5.41) is 0.658. The lowest BCUT2D eigenvalue weighted by atomic mass is 9.99. The molecule has 3 nitrogen and oxygen atoms in total. The number of hydrogen-bond donors (Lipinski definition) is 0. The molecule has 0 aliphatic carbocycles. The molecule has 1 fully saturated rings. The Hall–Kier alpha value is -0.320. The Balaban J connectivity index is 2.10. The zero-order chi connectivity index (χ0) is 12.3. The maximum Gasteiger partial charge on any atom is 0.142 e. The summed E-state index contributed by atoms with van der Waals surface area (Å²) in [7, 11) is 1.76. The van der Waals surface area contributed by atoms with Crippen LogP contribution in [0.4, 0.5) is 5.82 Å². The zero-order valence-corrected chi connectivity index (χ0v) is 12.2. The van der Waals surface area contributed by atoms with E-state index < -0.39 is 0 Å². The van der Waals surface area contributed by atoms with E-state index in [9.17, 15) is 0 Å². The molecule has 0 aromatic carbocycles. The molecule has 0 N–H and O–H groups in total. The van der Waals surface area contributed by atoms with Crippen LogP contribution in [-0.2, 0) is 4.74 Å². The lowest BCUT2D eigenvalue weighted by Crippen LogP contribution is -2.37. The number of hydrogen-bond acceptors (Lipinski definition) is 3. The number of pyridine rings is 1. The number of piperidine rings is 1. The first-order valence-electron chi connectivity index (χ1n) is 5.75. The third-order valence-electron chi connectivity index (χ3n) is 3.01. The van der Waals surface area contributed by atoms with Crippen LogP contribution >= 0.6 is 27.5 Å². The fourth-order valence-corrected chi connectivity index (χ4v) is 3.16. The Morgan fingerprint density at radius 1 is 1.65 bits per heavy atom. The first-order valence-corrected chi connectivity index (χ1v) is 6.92. The van der Waals surface area contributed by atoms with Crippen molar-refractivity contribution in [3.8, 4) is 0 Å². The molecule has 17 heavy (non-hydrogen) atoms. The topological polar surface area (TPSA) is 25.4 Å². The standard InChI is InChI=1S/C12H16BrClN2O/c1-17-8-9-3-2-4-16(7-9)12-11(13)5-10(14)6-15-12/h5-6,9H,2-4,7-8H2,1H3. The molecule has 0 radical (unpaired) electrons. The van der Waals surface area contributed by atoms with Crippen LogP contribution in [0.2, 0.25) is 5.02 Å². The lowest BCUT2D eigenvalue weighted by Gasteiger charge is -2.33. The van der Waals surface area contributed by atoms with E-state index in [-0.39, 0.29) is 0 Å². The number of aromatic nitrogens is 1. The van der Waals surface area contributed by atoms with Crippen LogP contribution in [0.25, 0.3) is 0 Å². The molecule has 1 aromatic rings. The predicted octanol–water partition coefficient (Wildman–Crippen LogP) is 3.36. The Bertz CT molecular complexity index is 387. The quantitative estimate of drug-likeness (QED) is 0.854. The molecule has 0 amide bonds. The van der Waals surface area contributed by atoms with Crippen molar-refractivity contribution in [1.29, 1.82) is 0 Å². The molecule has 1 saturated heterocycles. The van der Waals surface area contributed by atoms with Gasteiger partial charge in [-0.05, 0) is 40.8 Å². The normalized spacial score (nSPS) is 20.6. The van der Waals surface area contributed by atoms with Crippen molar-refractivity contribution in [2.24, 2.45) is 5.92 Å². The molecule has 2 rings (SSSR count). The largest absolute Gasteiger partial charge is 0.384 e. The molecule has 5 heteroatoms. The Labute approximate surface area is 115 Å². The fraction of sp³-hybridized carbons (Fsp3) is 0.583. The maximum absolute atomic E-state index is 5.90. The third-order valence-corrected chi connectivity index (χ3v) is 3.80. The van der Waals surface area contributed by atoms with E-state index in [2.05, 4.69) is 25.8 Å². The van der Waals surface area contributed by atoms with E-state index in [0.29, 0.717) is 10.9 Å². The molecule has 1 unspecified atom stereocenters. The first kappa shape index (κ1) is 13.1. The highest BCUT2D eigenvalue weighted by molar-refractivity contribution is 9.10. The molecule has 1 aliphatic heterocycles. The van der Waals surface area contributed by atoms with Gasteiger partial charge in [0.1, 0.15) is 5.82 Å². The molecule has 2 heterocycles. The van der Waals surface area contributed by atoms with E-state index in [4.69, 9.17) is 16.3 Å². The van der Waals surface area contributed by atoms with Crippen LogP contribution in [0.3, 0.4) is 0 Å². The van der Waals surface area contributed by atoms with Crippen molar-refractivity contribution < 1.29 is 4.74 Å². The lowest BCUT2D eigenvalue weighted by molar-refractivity contribution is 0.143. The van der Waals surface area contributed by atoms with Crippen LogP contribution in [0.15, 0.2) is 16.7 Å². The first-order chi connectivity index (χ1) is 8.20. The van der Waals surface area contributed by atoms with Gasteiger partial charge in [0.2, 0.25) is 0 Å². The molecule has 0 spiro atoms. The van der Waals surface area contributed by atoms with Crippen molar-refractivity contribution in [2.45, 2.75) is 12.8 Å². The number of anilines is 1. The number of rotatable bonds is 3. The Morgan fingerprint density at radius 3 is 3.18 bits per heavy atom. The summed E-state index contributed by atoms with van der Waals surface area (Å²) in [4.78, 5) is 6.70. The Morgan fingerprint density at radius 2 is 2.47 bits per heavy atom. The minimum Gasteiger partial charge on any atom is -0.384 e.